The van der Waals surface area contributed by atoms with Crippen molar-refractivity contribution < 1.29 is 88.0 Å². The Balaban J connectivity index is 0.000000518. The van der Waals surface area contributed by atoms with E-state index in [2.05, 4.69) is 14.2 Å². The van der Waals surface area contributed by atoms with E-state index in [-0.39, 0.29) is 26.2 Å². The first kappa shape index (κ1) is 34.1. The Labute approximate surface area is 223 Å². The molecular weight excluding hydrogens is 713 g/mol. The predicted octanol–water partition coefficient (Wildman–Crippen LogP) is -8.17. The number of cyclic esters (lactones) is 3. The van der Waals surface area contributed by atoms with E-state index in [1.807, 2.05) is 0 Å². The van der Waals surface area contributed by atoms with Crippen molar-refractivity contribution in [1.82, 2.24) is 0 Å². The van der Waals surface area contributed by atoms with Gasteiger partial charge in [-0.3, -0.25) is 28.8 Å². The minimum Gasteiger partial charge on any atom is -0.445 e. The van der Waals surface area contributed by atoms with Crippen LogP contribution in [0.2, 0.25) is 0 Å². The quantitative estimate of drug-likeness (QED) is 0.0640. The summed E-state index contributed by atoms with van der Waals surface area (Å²) in [6.45, 7) is -2.22. The molecule has 0 spiro atoms. The number of esters is 3. The Morgan fingerprint density at radius 3 is 0.784 bits per heavy atom. The molecule has 0 amide bonds. The Morgan fingerprint density at radius 2 is 0.676 bits per heavy atom. The molecule has 0 aromatic rings. The molecule has 0 aromatic heterocycles. The number of rotatable bonds is 6. The van der Waals surface area contributed by atoms with E-state index in [0.717, 1.165) is 0 Å². The van der Waals surface area contributed by atoms with Gasteiger partial charge in [0.25, 0.3) is 17.3 Å². The fourth-order valence-corrected chi connectivity index (χ4v) is 2.40. The van der Waals surface area contributed by atoms with E-state index in [1.54, 1.807) is 0 Å². The fourth-order valence-electron chi connectivity index (χ4n) is 2.40. The molecule has 3 unspecified atom stereocenters. The molecule has 200 valence electrons. The standard InChI is InChI=1S/3C6H6O6.Bi/c3*7-1-2(8)5-3(9)4(10)6(11)12-5;/h3*2,5,7-8H,1H2;/q;;;+3/t3*2?,5-;/m111./s1. The zero-order chi connectivity index (χ0) is 27.9. The smallest absolute Gasteiger partial charge is 0.445 e. The third-order valence-corrected chi connectivity index (χ3v) is 4.31. The Kier molecular flexibility index (Phi) is 13.6. The van der Waals surface area contributed by atoms with Gasteiger partial charge in [-0.25, -0.2) is 14.4 Å². The zero-order valence-electron chi connectivity index (χ0n) is 18.1. The van der Waals surface area contributed by atoms with Crippen molar-refractivity contribution in [2.45, 2.75) is 36.6 Å². The van der Waals surface area contributed by atoms with Crippen molar-refractivity contribution in [2.75, 3.05) is 19.8 Å². The first-order valence-corrected chi connectivity index (χ1v) is 9.47. The molecule has 0 bridgehead atoms. The van der Waals surface area contributed by atoms with Gasteiger partial charge < -0.3 is 44.8 Å². The van der Waals surface area contributed by atoms with Crippen molar-refractivity contribution in [2.24, 2.45) is 0 Å². The van der Waals surface area contributed by atoms with Crippen molar-refractivity contribution in [1.29, 1.82) is 0 Å². The van der Waals surface area contributed by atoms with E-state index in [9.17, 15) is 43.2 Å². The topological polar surface area (TPSA) is 303 Å². The second-order valence-corrected chi connectivity index (χ2v) is 6.81. The molecule has 3 heterocycles. The minimum atomic E-state index is -1.53. The van der Waals surface area contributed by atoms with Gasteiger partial charge in [0.15, 0.2) is 18.3 Å². The van der Waals surface area contributed by atoms with Crippen molar-refractivity contribution in [3.63, 3.8) is 0 Å². The number of hydrogen-bond donors (Lipinski definition) is 6. The van der Waals surface area contributed by atoms with Gasteiger partial charge in [-0.1, -0.05) is 0 Å². The van der Waals surface area contributed by atoms with Crippen LogP contribution in [0.1, 0.15) is 0 Å². The molecule has 2 radical (unpaired) electrons. The number of aliphatic hydroxyl groups is 6. The van der Waals surface area contributed by atoms with Gasteiger partial charge in [0.1, 0.15) is 18.3 Å². The number of carbonyl (C=O) groups excluding carboxylic acids is 9. The molecule has 6 N–H and O–H groups in total. The van der Waals surface area contributed by atoms with Gasteiger partial charge >= 0.3 is 61.5 Å². The van der Waals surface area contributed by atoms with Gasteiger partial charge in [0, 0.05) is 0 Å². The third-order valence-electron chi connectivity index (χ3n) is 4.31. The summed E-state index contributed by atoms with van der Waals surface area (Å²) in [6, 6.07) is 0. The van der Waals surface area contributed by atoms with Gasteiger partial charge in [0.2, 0.25) is 0 Å². The summed E-state index contributed by atoms with van der Waals surface area (Å²) in [4.78, 5) is 95.1. The van der Waals surface area contributed by atoms with Crippen molar-refractivity contribution in [3.8, 4) is 0 Å². The molecule has 3 aliphatic rings. The average Bonchev–Trinajstić information content (AvgIpc) is 3.40. The Hall–Kier alpha value is -2.93. The summed E-state index contributed by atoms with van der Waals surface area (Å²) in [5, 5.41) is 51.7. The molecule has 3 rings (SSSR count). The van der Waals surface area contributed by atoms with Crippen LogP contribution in [0.15, 0.2) is 0 Å². The summed E-state index contributed by atoms with van der Waals surface area (Å²) in [5.74, 6) is -11.0. The number of carbonyl (C=O) groups is 9. The summed E-state index contributed by atoms with van der Waals surface area (Å²) < 4.78 is 12.6. The fraction of sp³-hybridized carbons (Fsp3) is 0.500. The van der Waals surface area contributed by atoms with E-state index in [0.29, 0.717) is 0 Å². The normalized spacial score (nSPS) is 25.1. The summed E-state index contributed by atoms with van der Waals surface area (Å²) in [7, 11) is 0. The maximum absolute atomic E-state index is 10.7. The van der Waals surface area contributed by atoms with E-state index < -0.39 is 109 Å². The average molecular weight is 731 g/mol. The molecule has 3 fully saturated rings. The molecule has 18 nitrogen and oxygen atoms in total. The van der Waals surface area contributed by atoms with Crippen LogP contribution in [0.3, 0.4) is 0 Å². The Bertz CT molecular complexity index is 864. The molecule has 19 heteroatoms. The second kappa shape index (κ2) is 14.7. The van der Waals surface area contributed by atoms with Gasteiger partial charge in [0.05, 0.1) is 19.8 Å². The van der Waals surface area contributed by atoms with Crippen molar-refractivity contribution >= 4 is 78.8 Å². The van der Waals surface area contributed by atoms with Crippen LogP contribution in [-0.2, 0) is 57.4 Å². The summed E-state index contributed by atoms with van der Waals surface area (Å²) >= 11 is 0. The minimum absolute atomic E-state index is 0. The number of ether oxygens (including phenoxy) is 3. The number of hydrogen-bond acceptors (Lipinski definition) is 18. The molecule has 37 heavy (non-hydrogen) atoms. The third kappa shape index (κ3) is 8.03. The SMILES string of the molecule is O=C1O[C@H](C(O)CO)C(=O)C1=O.O=C1O[C@H](C(O)CO)C(=O)C1=O.O=C1O[C@H](C(O)CO)C(=O)C1=O.[Bi+3]. The second-order valence-electron chi connectivity index (χ2n) is 6.81. The zero-order valence-corrected chi connectivity index (χ0v) is 21.6. The van der Waals surface area contributed by atoms with E-state index in [4.69, 9.17) is 30.6 Å². The molecule has 3 aliphatic heterocycles. The van der Waals surface area contributed by atoms with Crippen LogP contribution < -0.4 is 0 Å². The van der Waals surface area contributed by atoms with Crippen LogP contribution in [0.5, 0.6) is 0 Å². The maximum atomic E-state index is 10.7. The molecular formula is C18H18BiO18+3. The molecule has 0 aromatic carbocycles. The van der Waals surface area contributed by atoms with Crippen LogP contribution in [0, 0.1) is 0 Å². The number of ketones is 6. The molecule has 6 atom stereocenters. The first-order valence-electron chi connectivity index (χ1n) is 9.47. The van der Waals surface area contributed by atoms with Gasteiger partial charge in [-0.05, 0) is 0 Å². The largest absolute Gasteiger partial charge is 3.00 e. The maximum Gasteiger partial charge on any atom is 3.00 e. The van der Waals surface area contributed by atoms with Gasteiger partial charge in [-0.15, -0.1) is 0 Å². The molecule has 3 saturated heterocycles. The van der Waals surface area contributed by atoms with E-state index in [1.165, 1.54) is 0 Å². The first-order chi connectivity index (χ1) is 16.7. The number of Topliss-reactive ketones (excluding diaryl/α,β-unsaturated/α-hetero) is 6. The monoisotopic (exact) mass is 731 g/mol. The molecule has 0 saturated carbocycles. The predicted molar refractivity (Wildman–Crippen MR) is 105 cm³/mol. The summed E-state index contributed by atoms with van der Waals surface area (Å²) in [5.41, 5.74) is 0. The van der Waals surface area contributed by atoms with Crippen LogP contribution in [-0.4, -0.2) is 166 Å². The van der Waals surface area contributed by atoms with Crippen LogP contribution in [0.25, 0.3) is 0 Å². The summed E-state index contributed by atoms with van der Waals surface area (Å²) in [6.07, 6.45) is -9.16. The van der Waals surface area contributed by atoms with Crippen molar-refractivity contribution in [3.05, 3.63) is 0 Å². The van der Waals surface area contributed by atoms with E-state index >= 15 is 0 Å². The number of aliphatic hydroxyl groups excluding tert-OH is 6. The van der Waals surface area contributed by atoms with Crippen LogP contribution >= 0.6 is 0 Å². The van der Waals surface area contributed by atoms with Gasteiger partial charge in [-0.2, -0.15) is 0 Å². The Morgan fingerprint density at radius 1 is 0.486 bits per heavy atom. The molecule has 0 aliphatic carbocycles. The van der Waals surface area contributed by atoms with Crippen LogP contribution in [0.4, 0.5) is 0 Å².